The summed E-state index contributed by atoms with van der Waals surface area (Å²) >= 11 is 2.06. The molecule has 1 saturated heterocycles. The quantitative estimate of drug-likeness (QED) is 0.420. The highest BCUT2D eigenvalue weighted by Crippen LogP contribution is 2.17. The molecular weight excluding hydrogens is 357 g/mol. The smallest absolute Gasteiger partial charge is 0.410 e. The molecule has 0 N–H and O–H groups in total. The standard InChI is InChI=1S/C10H18INO4S/c1-10(2,3)16-9(13)12-6-8(7-12)14-4-5-15-17-11/h8H,4-7H2,1-3H3. The van der Waals surface area contributed by atoms with Gasteiger partial charge in [0.15, 0.2) is 0 Å². The Morgan fingerprint density at radius 1 is 1.41 bits per heavy atom. The topological polar surface area (TPSA) is 48.0 Å². The van der Waals surface area contributed by atoms with Crippen LogP contribution in [0.1, 0.15) is 20.8 Å². The minimum absolute atomic E-state index is 0.116. The molecule has 0 spiro atoms. The summed E-state index contributed by atoms with van der Waals surface area (Å²) < 4.78 is 15.8. The Morgan fingerprint density at radius 2 is 2.06 bits per heavy atom. The van der Waals surface area contributed by atoms with E-state index in [0.717, 1.165) is 0 Å². The van der Waals surface area contributed by atoms with Gasteiger partial charge in [0.1, 0.15) is 5.60 Å². The van der Waals surface area contributed by atoms with Gasteiger partial charge in [-0.25, -0.2) is 4.79 Å². The maximum atomic E-state index is 11.6. The third-order valence-electron chi connectivity index (χ3n) is 2.06. The molecule has 1 aliphatic rings. The van der Waals surface area contributed by atoms with Gasteiger partial charge >= 0.3 is 6.09 Å². The lowest BCUT2D eigenvalue weighted by molar-refractivity contribution is -0.0669. The van der Waals surface area contributed by atoms with Crippen LogP contribution < -0.4 is 0 Å². The van der Waals surface area contributed by atoms with Crippen molar-refractivity contribution in [1.82, 2.24) is 4.90 Å². The Kier molecular flexibility index (Phi) is 6.32. The van der Waals surface area contributed by atoms with Crippen molar-refractivity contribution in [2.24, 2.45) is 0 Å². The summed E-state index contributed by atoms with van der Waals surface area (Å²) in [4.78, 5) is 13.2. The number of ether oxygens (including phenoxy) is 2. The minimum Gasteiger partial charge on any atom is -0.444 e. The molecular formula is C10H18INO4S. The van der Waals surface area contributed by atoms with Crippen molar-refractivity contribution in [3.63, 3.8) is 0 Å². The number of carbonyl (C=O) groups excluding carboxylic acids is 1. The third-order valence-corrected chi connectivity index (χ3v) is 3.08. The number of likely N-dealkylation sites (tertiary alicyclic amines) is 1. The summed E-state index contributed by atoms with van der Waals surface area (Å²) in [6, 6.07) is 0. The molecule has 0 radical (unpaired) electrons. The van der Waals surface area contributed by atoms with E-state index in [0.29, 0.717) is 26.3 Å². The average molecular weight is 375 g/mol. The lowest BCUT2D eigenvalue weighted by Crippen LogP contribution is -2.56. The molecule has 0 bridgehead atoms. The zero-order valence-electron chi connectivity index (χ0n) is 10.3. The summed E-state index contributed by atoms with van der Waals surface area (Å²) in [6.45, 7) is 7.91. The van der Waals surface area contributed by atoms with Gasteiger partial charge in [0.25, 0.3) is 0 Å². The van der Waals surface area contributed by atoms with Gasteiger partial charge in [0, 0.05) is 21.2 Å². The fourth-order valence-corrected chi connectivity index (χ4v) is 1.97. The molecule has 0 aliphatic carbocycles. The molecule has 0 atom stereocenters. The SMILES string of the molecule is CC(C)(C)OC(=O)N1CC(OCCOSI)C1. The van der Waals surface area contributed by atoms with Gasteiger partial charge in [-0.3, -0.25) is 0 Å². The summed E-state index contributed by atoms with van der Waals surface area (Å²) in [6.07, 6.45) is -0.151. The minimum atomic E-state index is -0.436. The number of hydrogen-bond donors (Lipinski definition) is 0. The van der Waals surface area contributed by atoms with Crippen molar-refractivity contribution < 1.29 is 18.5 Å². The molecule has 1 aliphatic heterocycles. The molecule has 100 valence electrons. The van der Waals surface area contributed by atoms with Gasteiger partial charge in [-0.05, 0) is 20.8 Å². The van der Waals surface area contributed by atoms with Gasteiger partial charge < -0.3 is 18.6 Å². The normalized spacial score (nSPS) is 16.8. The maximum Gasteiger partial charge on any atom is 0.410 e. The van der Waals surface area contributed by atoms with Crippen molar-refractivity contribution in [1.29, 1.82) is 0 Å². The molecule has 7 heteroatoms. The molecule has 1 rings (SSSR count). The van der Waals surface area contributed by atoms with E-state index in [1.807, 2.05) is 20.8 Å². The van der Waals surface area contributed by atoms with Crippen LogP contribution in [0.15, 0.2) is 0 Å². The molecule has 0 saturated carbocycles. The zero-order chi connectivity index (χ0) is 12.9. The van der Waals surface area contributed by atoms with Gasteiger partial charge in [0.2, 0.25) is 0 Å². The van der Waals surface area contributed by atoms with Crippen LogP contribution in [-0.4, -0.2) is 49.0 Å². The van der Waals surface area contributed by atoms with E-state index in [4.69, 9.17) is 13.7 Å². The summed E-state index contributed by atoms with van der Waals surface area (Å²) in [5.74, 6) is 0. The second-order valence-corrected chi connectivity index (χ2v) is 6.20. The number of carbonyl (C=O) groups is 1. The Balaban J connectivity index is 2.08. The van der Waals surface area contributed by atoms with Gasteiger partial charge in [-0.2, -0.15) is 0 Å². The van der Waals surface area contributed by atoms with E-state index < -0.39 is 5.60 Å². The Hall–Kier alpha value is 0.270. The molecule has 1 amide bonds. The highest BCUT2D eigenvalue weighted by Gasteiger charge is 2.34. The van der Waals surface area contributed by atoms with Gasteiger partial charge in [0.05, 0.1) is 41.6 Å². The molecule has 1 heterocycles. The lowest BCUT2D eigenvalue weighted by Gasteiger charge is -2.39. The van der Waals surface area contributed by atoms with Crippen LogP contribution >= 0.6 is 30.4 Å². The Morgan fingerprint density at radius 3 is 2.59 bits per heavy atom. The lowest BCUT2D eigenvalue weighted by atomic mass is 10.2. The molecule has 17 heavy (non-hydrogen) atoms. The Labute approximate surface area is 118 Å². The zero-order valence-corrected chi connectivity index (χ0v) is 13.2. The maximum absolute atomic E-state index is 11.6. The predicted molar refractivity (Wildman–Crippen MR) is 75.1 cm³/mol. The molecule has 5 nitrogen and oxygen atoms in total. The largest absolute Gasteiger partial charge is 0.444 e. The number of nitrogens with zero attached hydrogens (tertiary/aromatic N) is 1. The predicted octanol–water partition coefficient (Wildman–Crippen LogP) is 2.64. The van der Waals surface area contributed by atoms with Crippen LogP contribution in [0.5, 0.6) is 0 Å². The fourth-order valence-electron chi connectivity index (χ4n) is 1.30. The summed E-state index contributed by atoms with van der Waals surface area (Å²) in [5, 5.41) is 0. The average Bonchev–Trinajstić information content (AvgIpc) is 2.11. The fraction of sp³-hybridized carbons (Fsp3) is 0.900. The first-order valence-electron chi connectivity index (χ1n) is 5.42. The van der Waals surface area contributed by atoms with Crippen LogP contribution in [0, 0.1) is 0 Å². The van der Waals surface area contributed by atoms with E-state index in [1.165, 1.54) is 9.21 Å². The summed E-state index contributed by atoms with van der Waals surface area (Å²) in [5.41, 5.74) is -0.436. The van der Waals surface area contributed by atoms with E-state index in [9.17, 15) is 4.79 Å². The second-order valence-electron chi connectivity index (χ2n) is 4.76. The van der Waals surface area contributed by atoms with Gasteiger partial charge in [-0.15, -0.1) is 0 Å². The number of rotatable bonds is 5. The van der Waals surface area contributed by atoms with E-state index >= 15 is 0 Å². The van der Waals surface area contributed by atoms with Crippen LogP contribution in [0.4, 0.5) is 4.79 Å². The molecule has 0 aromatic carbocycles. The first kappa shape index (κ1) is 15.3. The monoisotopic (exact) mass is 375 g/mol. The van der Waals surface area contributed by atoms with Crippen LogP contribution in [0.25, 0.3) is 0 Å². The first-order valence-corrected chi connectivity index (χ1v) is 8.70. The first-order chi connectivity index (χ1) is 7.92. The van der Waals surface area contributed by atoms with E-state index in [1.54, 1.807) is 4.90 Å². The van der Waals surface area contributed by atoms with Crippen molar-refractivity contribution >= 4 is 36.5 Å². The second kappa shape index (κ2) is 7.01. The molecule has 0 aromatic rings. The summed E-state index contributed by atoms with van der Waals surface area (Å²) in [7, 11) is 1.30. The van der Waals surface area contributed by atoms with E-state index in [2.05, 4.69) is 21.2 Å². The van der Waals surface area contributed by atoms with E-state index in [-0.39, 0.29) is 12.2 Å². The van der Waals surface area contributed by atoms with Crippen molar-refractivity contribution in [3.05, 3.63) is 0 Å². The number of hydrogen-bond acceptors (Lipinski definition) is 5. The highest BCUT2D eigenvalue weighted by atomic mass is 127. The van der Waals surface area contributed by atoms with Crippen LogP contribution in [0.3, 0.4) is 0 Å². The molecule has 0 aromatic heterocycles. The third kappa shape index (κ3) is 6.12. The number of halogens is 1. The van der Waals surface area contributed by atoms with Crippen LogP contribution in [0.2, 0.25) is 0 Å². The molecule has 1 fully saturated rings. The Bertz CT molecular complexity index is 253. The van der Waals surface area contributed by atoms with Crippen LogP contribution in [-0.2, 0) is 13.7 Å². The number of amides is 1. The van der Waals surface area contributed by atoms with Gasteiger partial charge in [-0.1, -0.05) is 0 Å². The van der Waals surface area contributed by atoms with Crippen molar-refractivity contribution in [2.45, 2.75) is 32.5 Å². The molecule has 0 unspecified atom stereocenters. The van der Waals surface area contributed by atoms with Crippen molar-refractivity contribution in [2.75, 3.05) is 26.3 Å². The van der Waals surface area contributed by atoms with Crippen molar-refractivity contribution in [3.8, 4) is 0 Å². The highest BCUT2D eigenvalue weighted by molar-refractivity contribution is 14.2.